The highest BCUT2D eigenvalue weighted by molar-refractivity contribution is 7.08. The predicted octanol–water partition coefficient (Wildman–Crippen LogP) is 3.71. The molecule has 2 aromatic heterocycles. The summed E-state index contributed by atoms with van der Waals surface area (Å²) in [7, 11) is 0. The zero-order valence-corrected chi connectivity index (χ0v) is 14.7. The molecule has 1 fully saturated rings. The second-order valence-corrected chi connectivity index (χ2v) is 6.89. The van der Waals surface area contributed by atoms with Gasteiger partial charge in [0.1, 0.15) is 5.82 Å². The molecule has 1 saturated heterocycles. The molecule has 0 aliphatic carbocycles. The number of hydrogen-bond donors (Lipinski definition) is 0. The van der Waals surface area contributed by atoms with Gasteiger partial charge in [-0.3, -0.25) is 4.79 Å². The van der Waals surface area contributed by atoms with Crippen LogP contribution in [0.1, 0.15) is 11.1 Å². The van der Waals surface area contributed by atoms with Crippen LogP contribution in [0.3, 0.4) is 0 Å². The minimum absolute atomic E-state index is 0.0344. The lowest BCUT2D eigenvalue weighted by Gasteiger charge is -2.35. The van der Waals surface area contributed by atoms with Crippen LogP contribution in [0.2, 0.25) is 5.02 Å². The molecule has 9 heteroatoms. The summed E-state index contributed by atoms with van der Waals surface area (Å²) >= 11 is 7.53. The number of amides is 1. The molecule has 0 spiro atoms. The number of rotatable bonds is 3. The molecule has 2 aromatic rings. The number of hydrogen-bond acceptors (Lipinski definition) is 4. The standard InChI is InChI=1S/C16H15ClF3N3OS/c17-13-8-12(16(18,19)20)9-21-15(13)23-4-2-22(3-5-23)14(24)7-11-1-6-25-10-11/h1,6,8-10H,2-5,7H2. The first kappa shape index (κ1) is 18.0. The normalized spacial score (nSPS) is 15.5. The highest BCUT2D eigenvalue weighted by Gasteiger charge is 2.32. The topological polar surface area (TPSA) is 36.4 Å². The number of alkyl halides is 3. The van der Waals surface area contributed by atoms with Crippen molar-refractivity contribution in [3.63, 3.8) is 0 Å². The van der Waals surface area contributed by atoms with Crippen molar-refractivity contribution < 1.29 is 18.0 Å². The molecule has 1 aliphatic heterocycles. The molecular weight excluding hydrogens is 375 g/mol. The van der Waals surface area contributed by atoms with Crippen LogP contribution in [0.4, 0.5) is 19.0 Å². The molecule has 0 aromatic carbocycles. The number of carbonyl (C=O) groups excluding carboxylic acids is 1. The number of carbonyl (C=O) groups is 1. The fourth-order valence-corrected chi connectivity index (χ4v) is 3.62. The fourth-order valence-electron chi connectivity index (χ4n) is 2.67. The van der Waals surface area contributed by atoms with Gasteiger partial charge in [-0.25, -0.2) is 4.98 Å². The summed E-state index contributed by atoms with van der Waals surface area (Å²) in [4.78, 5) is 19.7. The van der Waals surface area contributed by atoms with Gasteiger partial charge >= 0.3 is 6.18 Å². The van der Waals surface area contributed by atoms with E-state index in [0.29, 0.717) is 38.4 Å². The Kier molecular flexibility index (Phi) is 5.19. The van der Waals surface area contributed by atoms with Gasteiger partial charge < -0.3 is 9.80 Å². The zero-order valence-electron chi connectivity index (χ0n) is 13.1. The molecule has 1 amide bonds. The van der Waals surface area contributed by atoms with E-state index < -0.39 is 11.7 Å². The lowest BCUT2D eigenvalue weighted by atomic mass is 10.2. The number of nitrogens with zero attached hydrogens (tertiary/aromatic N) is 3. The predicted molar refractivity (Wildman–Crippen MR) is 91.1 cm³/mol. The Bertz CT molecular complexity index is 744. The van der Waals surface area contributed by atoms with Crippen LogP contribution in [0.25, 0.3) is 0 Å². The molecule has 134 valence electrons. The molecule has 0 N–H and O–H groups in total. The van der Waals surface area contributed by atoms with Gasteiger partial charge in [0, 0.05) is 32.4 Å². The molecule has 3 rings (SSSR count). The Labute approximate surface area is 151 Å². The zero-order chi connectivity index (χ0) is 18.0. The van der Waals surface area contributed by atoms with Crippen molar-refractivity contribution in [3.05, 3.63) is 45.2 Å². The number of anilines is 1. The van der Waals surface area contributed by atoms with Crippen molar-refractivity contribution in [3.8, 4) is 0 Å². The molecule has 0 bridgehead atoms. The highest BCUT2D eigenvalue weighted by atomic mass is 35.5. The van der Waals surface area contributed by atoms with Gasteiger partial charge in [-0.05, 0) is 28.5 Å². The van der Waals surface area contributed by atoms with Crippen molar-refractivity contribution in [1.29, 1.82) is 0 Å². The second kappa shape index (κ2) is 7.21. The SMILES string of the molecule is O=C(Cc1ccsc1)N1CCN(c2ncc(C(F)(F)F)cc2Cl)CC1. The Morgan fingerprint density at radius 2 is 2.00 bits per heavy atom. The minimum Gasteiger partial charge on any atom is -0.352 e. The molecular formula is C16H15ClF3N3OS. The molecule has 0 unspecified atom stereocenters. The average molecular weight is 390 g/mol. The van der Waals surface area contributed by atoms with Crippen molar-refractivity contribution in [1.82, 2.24) is 9.88 Å². The van der Waals surface area contributed by atoms with Crippen LogP contribution in [-0.4, -0.2) is 42.0 Å². The van der Waals surface area contributed by atoms with Gasteiger partial charge in [0.2, 0.25) is 5.91 Å². The summed E-state index contributed by atoms with van der Waals surface area (Å²) in [5.41, 5.74) is 0.121. The van der Waals surface area contributed by atoms with Gasteiger partial charge in [0.05, 0.1) is 17.0 Å². The summed E-state index contributed by atoms with van der Waals surface area (Å²) in [6, 6.07) is 2.81. The number of thiophene rings is 1. The van der Waals surface area contributed by atoms with Crippen molar-refractivity contribution >= 4 is 34.7 Å². The second-order valence-electron chi connectivity index (χ2n) is 5.70. The van der Waals surface area contributed by atoms with Crippen molar-refractivity contribution in [2.24, 2.45) is 0 Å². The summed E-state index contributed by atoms with van der Waals surface area (Å²) < 4.78 is 38.0. The molecule has 0 radical (unpaired) electrons. The van der Waals surface area contributed by atoms with Gasteiger partial charge in [-0.1, -0.05) is 11.6 Å². The maximum absolute atomic E-state index is 12.7. The Balaban J connectivity index is 1.61. The lowest BCUT2D eigenvalue weighted by molar-refractivity contribution is -0.137. The van der Waals surface area contributed by atoms with Gasteiger partial charge in [0.25, 0.3) is 0 Å². The molecule has 0 saturated carbocycles. The lowest BCUT2D eigenvalue weighted by Crippen LogP contribution is -2.49. The van der Waals surface area contributed by atoms with E-state index in [1.165, 1.54) is 0 Å². The molecule has 0 atom stereocenters. The minimum atomic E-state index is -4.47. The van der Waals surface area contributed by atoms with Crippen LogP contribution in [0.5, 0.6) is 0 Å². The van der Waals surface area contributed by atoms with Crippen LogP contribution in [0.15, 0.2) is 29.1 Å². The van der Waals surface area contributed by atoms with E-state index in [1.807, 2.05) is 16.8 Å². The third-order valence-electron chi connectivity index (χ3n) is 4.02. The summed E-state index contributed by atoms with van der Waals surface area (Å²) in [5.74, 6) is 0.365. The summed E-state index contributed by atoms with van der Waals surface area (Å²) in [6.45, 7) is 1.94. The first-order valence-corrected chi connectivity index (χ1v) is 8.93. The smallest absolute Gasteiger partial charge is 0.352 e. The van der Waals surface area contributed by atoms with E-state index in [1.54, 1.807) is 21.1 Å². The van der Waals surface area contributed by atoms with E-state index >= 15 is 0 Å². The Morgan fingerprint density at radius 3 is 2.56 bits per heavy atom. The first-order valence-electron chi connectivity index (χ1n) is 7.61. The van der Waals surface area contributed by atoms with Crippen LogP contribution >= 0.6 is 22.9 Å². The van der Waals surface area contributed by atoms with E-state index in [4.69, 9.17) is 11.6 Å². The van der Waals surface area contributed by atoms with E-state index in [2.05, 4.69) is 4.98 Å². The largest absolute Gasteiger partial charge is 0.417 e. The molecule has 1 aliphatic rings. The molecule has 4 nitrogen and oxygen atoms in total. The number of halogens is 4. The van der Waals surface area contributed by atoms with Crippen LogP contribution < -0.4 is 4.90 Å². The number of piperazine rings is 1. The summed E-state index contributed by atoms with van der Waals surface area (Å²) in [5, 5.41) is 3.84. The average Bonchev–Trinajstić information content (AvgIpc) is 3.07. The van der Waals surface area contributed by atoms with E-state index in [0.717, 1.165) is 17.8 Å². The van der Waals surface area contributed by atoms with Gasteiger partial charge in [-0.2, -0.15) is 24.5 Å². The third kappa shape index (κ3) is 4.24. The Hall–Kier alpha value is -1.80. The van der Waals surface area contributed by atoms with E-state index in [9.17, 15) is 18.0 Å². The fraction of sp³-hybridized carbons (Fsp3) is 0.375. The third-order valence-corrected chi connectivity index (χ3v) is 5.03. The quantitative estimate of drug-likeness (QED) is 0.803. The van der Waals surface area contributed by atoms with Crippen molar-refractivity contribution in [2.75, 3.05) is 31.1 Å². The van der Waals surface area contributed by atoms with Gasteiger partial charge in [-0.15, -0.1) is 0 Å². The Morgan fingerprint density at radius 1 is 1.28 bits per heavy atom. The number of aromatic nitrogens is 1. The van der Waals surface area contributed by atoms with Crippen LogP contribution in [-0.2, 0) is 17.4 Å². The van der Waals surface area contributed by atoms with Crippen LogP contribution in [0, 0.1) is 0 Å². The van der Waals surface area contributed by atoms with Gasteiger partial charge in [0.15, 0.2) is 0 Å². The maximum atomic E-state index is 12.7. The number of pyridine rings is 1. The van der Waals surface area contributed by atoms with E-state index in [-0.39, 0.29) is 10.9 Å². The molecule has 3 heterocycles. The van der Waals surface area contributed by atoms with Crippen molar-refractivity contribution in [2.45, 2.75) is 12.6 Å². The summed E-state index contributed by atoms with van der Waals surface area (Å²) in [6.07, 6.45) is -3.32. The highest BCUT2D eigenvalue weighted by Crippen LogP contribution is 2.33. The maximum Gasteiger partial charge on any atom is 0.417 e. The molecule has 25 heavy (non-hydrogen) atoms. The first-order chi connectivity index (χ1) is 11.8. The monoisotopic (exact) mass is 389 g/mol.